The molecule has 0 spiro atoms. The summed E-state index contributed by atoms with van der Waals surface area (Å²) in [5, 5.41) is 12.2. The Morgan fingerprint density at radius 1 is 1.07 bits per heavy atom. The molecule has 6 nitrogen and oxygen atoms in total. The number of ether oxygens (including phenoxy) is 2. The van der Waals surface area contributed by atoms with Crippen LogP contribution in [-0.2, 0) is 16.8 Å². The van der Waals surface area contributed by atoms with E-state index in [4.69, 9.17) is 9.47 Å². The number of carbonyl (C=O) groups is 2. The Bertz CT molecular complexity index is 886. The first kappa shape index (κ1) is 18.8. The summed E-state index contributed by atoms with van der Waals surface area (Å²) in [7, 11) is 3.05. The number of rotatable bonds is 7. The number of methoxy groups -OCH3 is 2. The molecule has 3 rings (SSSR count). The Kier molecular flexibility index (Phi) is 5.08. The molecule has 142 valence electrons. The van der Waals surface area contributed by atoms with Crippen LogP contribution < -0.4 is 14.8 Å². The maximum Gasteiger partial charge on any atom is 0.339 e. The minimum absolute atomic E-state index is 0.0545. The minimum Gasteiger partial charge on any atom is -0.496 e. The Balaban J connectivity index is 1.74. The van der Waals surface area contributed by atoms with E-state index in [1.165, 1.54) is 13.2 Å². The summed E-state index contributed by atoms with van der Waals surface area (Å²) in [6.45, 7) is 2.22. The number of benzene rings is 2. The van der Waals surface area contributed by atoms with Crippen LogP contribution in [0.15, 0.2) is 36.4 Å². The van der Waals surface area contributed by atoms with Crippen molar-refractivity contribution < 1.29 is 24.2 Å². The fourth-order valence-corrected chi connectivity index (χ4v) is 3.27. The largest absolute Gasteiger partial charge is 0.496 e. The highest BCUT2D eigenvalue weighted by Gasteiger charge is 2.51. The highest BCUT2D eigenvalue weighted by molar-refractivity contribution is 5.92. The van der Waals surface area contributed by atoms with Gasteiger partial charge in [-0.2, -0.15) is 0 Å². The van der Waals surface area contributed by atoms with Crippen LogP contribution in [0.1, 0.15) is 39.9 Å². The molecular weight excluding hydrogens is 346 g/mol. The quantitative estimate of drug-likeness (QED) is 0.784. The van der Waals surface area contributed by atoms with Gasteiger partial charge in [-0.3, -0.25) is 4.79 Å². The van der Waals surface area contributed by atoms with Crippen LogP contribution >= 0.6 is 0 Å². The van der Waals surface area contributed by atoms with Gasteiger partial charge < -0.3 is 19.9 Å². The lowest BCUT2D eigenvalue weighted by atomic mass is 9.93. The van der Waals surface area contributed by atoms with Gasteiger partial charge in [0.1, 0.15) is 17.1 Å². The standard InChI is InChI=1S/C21H23NO5/c1-13-4-6-15(11-18(13)27-3)21(8-9-21)20(25)22-12-14-5-7-17(26-2)16(10-14)19(23)24/h4-7,10-11H,8-9,12H2,1-3H3,(H,22,25)(H,23,24). The molecule has 6 heteroatoms. The Labute approximate surface area is 158 Å². The molecule has 2 N–H and O–H groups in total. The first-order valence-corrected chi connectivity index (χ1v) is 8.75. The third-order valence-corrected chi connectivity index (χ3v) is 5.09. The predicted molar refractivity (Wildman–Crippen MR) is 100 cm³/mol. The van der Waals surface area contributed by atoms with Gasteiger partial charge in [0, 0.05) is 6.54 Å². The van der Waals surface area contributed by atoms with Gasteiger partial charge in [-0.25, -0.2) is 4.79 Å². The third-order valence-electron chi connectivity index (χ3n) is 5.09. The fraction of sp³-hybridized carbons (Fsp3) is 0.333. The van der Waals surface area contributed by atoms with Crippen molar-refractivity contribution in [3.05, 3.63) is 58.7 Å². The van der Waals surface area contributed by atoms with Gasteiger partial charge in [0.05, 0.1) is 19.6 Å². The molecule has 0 unspecified atom stereocenters. The zero-order valence-corrected chi connectivity index (χ0v) is 15.7. The van der Waals surface area contributed by atoms with E-state index in [9.17, 15) is 14.7 Å². The molecule has 0 bridgehead atoms. The lowest BCUT2D eigenvalue weighted by Crippen LogP contribution is -2.34. The maximum atomic E-state index is 12.8. The summed E-state index contributed by atoms with van der Waals surface area (Å²) in [4.78, 5) is 24.2. The summed E-state index contributed by atoms with van der Waals surface area (Å²) in [6.07, 6.45) is 1.57. The second-order valence-electron chi connectivity index (χ2n) is 6.79. The average Bonchev–Trinajstić information content (AvgIpc) is 3.48. The van der Waals surface area contributed by atoms with Gasteiger partial charge in [0.25, 0.3) is 0 Å². The zero-order valence-electron chi connectivity index (χ0n) is 15.7. The molecule has 0 saturated heterocycles. The first-order chi connectivity index (χ1) is 12.9. The topological polar surface area (TPSA) is 84.9 Å². The average molecular weight is 369 g/mol. The van der Waals surface area contributed by atoms with Gasteiger partial charge >= 0.3 is 5.97 Å². The normalized spacial score (nSPS) is 14.3. The van der Waals surface area contributed by atoms with E-state index in [2.05, 4.69) is 5.32 Å². The molecule has 0 aliphatic heterocycles. The monoisotopic (exact) mass is 369 g/mol. The smallest absolute Gasteiger partial charge is 0.339 e. The number of carbonyl (C=O) groups excluding carboxylic acids is 1. The van der Waals surface area contributed by atoms with Gasteiger partial charge in [-0.05, 0) is 54.7 Å². The highest BCUT2D eigenvalue weighted by Crippen LogP contribution is 2.49. The molecule has 1 amide bonds. The van der Waals surface area contributed by atoms with Crippen molar-refractivity contribution in [3.63, 3.8) is 0 Å². The Hall–Kier alpha value is -3.02. The predicted octanol–water partition coefficient (Wildman–Crippen LogP) is 3.06. The number of carboxylic acid groups (broad SMARTS) is 1. The van der Waals surface area contributed by atoms with Crippen LogP contribution in [0.3, 0.4) is 0 Å². The van der Waals surface area contributed by atoms with E-state index in [0.29, 0.717) is 11.3 Å². The van der Waals surface area contributed by atoms with E-state index >= 15 is 0 Å². The van der Waals surface area contributed by atoms with E-state index < -0.39 is 11.4 Å². The molecule has 0 atom stereocenters. The van der Waals surface area contributed by atoms with Gasteiger partial charge in [-0.15, -0.1) is 0 Å². The summed E-state index contributed by atoms with van der Waals surface area (Å²) < 4.78 is 10.4. The van der Waals surface area contributed by atoms with Crippen molar-refractivity contribution >= 4 is 11.9 Å². The van der Waals surface area contributed by atoms with Crippen molar-refractivity contribution in [2.75, 3.05) is 14.2 Å². The van der Waals surface area contributed by atoms with Gasteiger partial charge in [0.2, 0.25) is 5.91 Å². The van der Waals surface area contributed by atoms with Crippen molar-refractivity contribution in [1.29, 1.82) is 0 Å². The van der Waals surface area contributed by atoms with Crippen molar-refractivity contribution in [2.45, 2.75) is 31.7 Å². The molecule has 2 aromatic rings. The summed E-state index contributed by atoms with van der Waals surface area (Å²) in [6, 6.07) is 10.7. The molecular formula is C21H23NO5. The summed E-state index contributed by atoms with van der Waals surface area (Å²) in [5.74, 6) is -0.0534. The number of nitrogens with one attached hydrogen (secondary N) is 1. The molecule has 1 saturated carbocycles. The zero-order chi connectivity index (χ0) is 19.6. The molecule has 0 aromatic heterocycles. The first-order valence-electron chi connectivity index (χ1n) is 8.75. The number of aromatic carboxylic acids is 1. The fourth-order valence-electron chi connectivity index (χ4n) is 3.27. The Morgan fingerprint density at radius 2 is 1.78 bits per heavy atom. The SMILES string of the molecule is COc1cc(C2(C(=O)NCc3ccc(OC)c(C(=O)O)c3)CC2)ccc1C. The molecule has 1 aliphatic carbocycles. The lowest BCUT2D eigenvalue weighted by molar-refractivity contribution is -0.123. The van der Waals surface area contributed by atoms with E-state index in [-0.39, 0.29) is 18.0 Å². The second kappa shape index (κ2) is 7.31. The molecule has 27 heavy (non-hydrogen) atoms. The van der Waals surface area contributed by atoms with E-state index in [1.54, 1.807) is 19.2 Å². The molecule has 0 heterocycles. The van der Waals surface area contributed by atoms with Crippen molar-refractivity contribution in [2.24, 2.45) is 0 Å². The number of carboxylic acids is 1. The van der Waals surface area contributed by atoms with Crippen LogP contribution in [0.2, 0.25) is 0 Å². The van der Waals surface area contributed by atoms with E-state index in [1.807, 2.05) is 25.1 Å². The Morgan fingerprint density at radius 3 is 2.37 bits per heavy atom. The van der Waals surface area contributed by atoms with Crippen LogP contribution in [0, 0.1) is 6.92 Å². The second-order valence-corrected chi connectivity index (χ2v) is 6.79. The lowest BCUT2D eigenvalue weighted by Gasteiger charge is -2.18. The third kappa shape index (κ3) is 3.60. The number of hydrogen-bond acceptors (Lipinski definition) is 4. The van der Waals surface area contributed by atoms with Crippen molar-refractivity contribution in [1.82, 2.24) is 5.32 Å². The van der Waals surface area contributed by atoms with Crippen molar-refractivity contribution in [3.8, 4) is 11.5 Å². The van der Waals surface area contributed by atoms with Crippen LogP contribution in [0.4, 0.5) is 0 Å². The van der Waals surface area contributed by atoms with Gasteiger partial charge in [0.15, 0.2) is 0 Å². The minimum atomic E-state index is -1.06. The summed E-state index contributed by atoms with van der Waals surface area (Å²) in [5.41, 5.74) is 2.23. The van der Waals surface area contributed by atoms with Gasteiger partial charge in [-0.1, -0.05) is 18.2 Å². The van der Waals surface area contributed by atoms with Crippen LogP contribution in [-0.4, -0.2) is 31.2 Å². The molecule has 1 aliphatic rings. The van der Waals surface area contributed by atoms with Crippen LogP contribution in [0.5, 0.6) is 11.5 Å². The van der Waals surface area contributed by atoms with Crippen LogP contribution in [0.25, 0.3) is 0 Å². The molecule has 0 radical (unpaired) electrons. The number of aryl methyl sites for hydroxylation is 1. The van der Waals surface area contributed by atoms with E-state index in [0.717, 1.165) is 29.7 Å². The molecule has 2 aromatic carbocycles. The number of hydrogen-bond donors (Lipinski definition) is 2. The maximum absolute atomic E-state index is 12.8. The summed E-state index contributed by atoms with van der Waals surface area (Å²) >= 11 is 0. The highest BCUT2D eigenvalue weighted by atomic mass is 16.5. The number of amides is 1. The molecule has 1 fully saturated rings.